The fraction of sp³-hybridized carbons (Fsp3) is 0.351. The van der Waals surface area contributed by atoms with Crippen molar-refractivity contribution in [2.45, 2.75) is 153 Å². The van der Waals surface area contributed by atoms with Crippen molar-refractivity contribution in [2.75, 3.05) is 27.2 Å². The van der Waals surface area contributed by atoms with Crippen LogP contribution >= 0.6 is 0 Å². The molecule has 0 fully saturated rings. The number of carbonyl (C=O) groups excluding carboxylic acids is 6. The van der Waals surface area contributed by atoms with Gasteiger partial charge >= 0.3 is 0 Å². The number of sulfonamides is 2. The number of hydrogen-bond donors (Lipinski definition) is 2. The number of pyridine rings is 2. The second-order valence-electron chi connectivity index (χ2n) is 23.6. The number of rotatable bonds is 32. The lowest BCUT2D eigenvalue weighted by Crippen LogP contribution is -2.40. The van der Waals surface area contributed by atoms with Crippen LogP contribution in [0.25, 0.3) is 43.6 Å². The summed E-state index contributed by atoms with van der Waals surface area (Å²) in [6.45, 7) is 6.79. The van der Waals surface area contributed by atoms with E-state index in [4.69, 9.17) is 6.42 Å². The minimum atomic E-state index is -4.28. The number of para-hydroxylation sites is 4. The quantitative estimate of drug-likeness (QED) is 0.0173. The third-order valence-electron chi connectivity index (χ3n) is 16.8. The average Bonchev–Trinajstić information content (AvgIpc) is 0.918. The Kier molecular flexibility index (Phi) is 25.6. The van der Waals surface area contributed by atoms with E-state index in [1.54, 1.807) is 55.2 Å². The van der Waals surface area contributed by atoms with E-state index in [9.17, 15) is 45.6 Å². The number of terminal acetylenes is 1. The Bertz CT molecular complexity index is 4390. The van der Waals surface area contributed by atoms with Gasteiger partial charge in [0.1, 0.15) is 17.3 Å². The maximum absolute atomic E-state index is 14.8. The fourth-order valence-electron chi connectivity index (χ4n) is 11.7. The number of benzene rings is 6. The van der Waals surface area contributed by atoms with E-state index in [1.807, 2.05) is 116 Å². The van der Waals surface area contributed by atoms with Gasteiger partial charge in [-0.05, 0) is 114 Å². The average molecular weight is 1320 g/mol. The Balaban J connectivity index is 0.000000245. The molecule has 0 atom stereocenters. The number of nitrogens with one attached hydrogen (secondary N) is 2. The van der Waals surface area contributed by atoms with E-state index in [0.717, 1.165) is 86.0 Å². The monoisotopic (exact) mass is 1320 g/mol. The largest absolute Gasteiger partial charge is 0.359 e. The smallest absolute Gasteiger partial charge is 0.269 e. The molecule has 0 aliphatic rings. The predicted octanol–water partition coefficient (Wildman–Crippen LogP) is 11.0. The zero-order chi connectivity index (χ0) is 68.1. The second kappa shape index (κ2) is 34.1. The molecule has 0 unspecified atom stereocenters. The summed E-state index contributed by atoms with van der Waals surface area (Å²) in [5, 5.41) is 16.1. The summed E-state index contributed by atoms with van der Waals surface area (Å²) < 4.78 is 64.3. The molecule has 0 saturated carbocycles. The minimum Gasteiger partial charge on any atom is -0.359 e. The zero-order valence-electron chi connectivity index (χ0n) is 54.9. The van der Waals surface area contributed by atoms with Gasteiger partial charge in [0.15, 0.2) is 6.54 Å². The summed E-state index contributed by atoms with van der Waals surface area (Å²) in [5.74, 6) is 1.44. The molecule has 95 heavy (non-hydrogen) atoms. The molecule has 9 rings (SSSR count). The zero-order valence-corrected chi connectivity index (χ0v) is 56.5. The van der Waals surface area contributed by atoms with Crippen LogP contribution in [0.4, 0.5) is 0 Å². The van der Waals surface area contributed by atoms with Crippen LogP contribution < -0.4 is 19.8 Å². The number of nitrogens with zero attached hydrogens (tertiary/aromatic N) is 7. The van der Waals surface area contributed by atoms with Crippen molar-refractivity contribution in [3.8, 4) is 12.3 Å². The highest BCUT2D eigenvalue weighted by molar-refractivity contribution is 7.90. The van der Waals surface area contributed by atoms with Crippen molar-refractivity contribution in [1.82, 2.24) is 34.2 Å². The number of unbranched alkanes of at least 4 members (excludes halogenated alkanes) is 6. The predicted molar refractivity (Wildman–Crippen MR) is 368 cm³/mol. The van der Waals surface area contributed by atoms with E-state index in [0.29, 0.717) is 73.2 Å². The molecule has 0 spiro atoms. The number of fused-ring (bicyclic) bond motifs is 4. The Morgan fingerprint density at radius 2 is 0.832 bits per heavy atom. The Morgan fingerprint density at radius 3 is 1.18 bits per heavy atom. The number of hydrogen-bond acceptors (Lipinski definition) is 12. The van der Waals surface area contributed by atoms with Gasteiger partial charge < -0.3 is 10.6 Å². The van der Waals surface area contributed by atoms with Crippen LogP contribution in [-0.4, -0.2) is 103 Å². The number of ketones is 2. The highest BCUT2D eigenvalue weighted by Gasteiger charge is 2.36. The SMILES string of the molecule is C#CC[n+]1c2ccccc2c(C(=O)N(CCCC(=O)CCCCCCC(=O)NC)S(=O)(=O)c2ccc(C)cc2)c2ccccc21.CCn1cc(C[n+]2c3ccccc3c(C(=O)N(CCCC(=O)CCCCCCC(=O)NC)S(=O)(=O)c3ccc(C)cc3)c3ccccc32)nn1. The lowest BCUT2D eigenvalue weighted by molar-refractivity contribution is -0.636. The molecular formula is C74H85N9O10S2+2. The first-order valence-electron chi connectivity index (χ1n) is 32.5. The molecule has 0 bridgehead atoms. The summed E-state index contributed by atoms with van der Waals surface area (Å²) in [6.07, 6.45) is 16.3. The molecule has 496 valence electrons. The van der Waals surface area contributed by atoms with Gasteiger partial charge in [0.2, 0.25) is 40.4 Å². The lowest BCUT2D eigenvalue weighted by atomic mass is 10.0. The molecule has 3 aromatic heterocycles. The van der Waals surface area contributed by atoms with Crippen LogP contribution in [0, 0.1) is 26.2 Å². The van der Waals surface area contributed by atoms with Crippen LogP contribution in [0.1, 0.15) is 147 Å². The van der Waals surface area contributed by atoms with Crippen LogP contribution in [0.2, 0.25) is 0 Å². The summed E-state index contributed by atoms with van der Waals surface area (Å²) in [5.41, 5.74) is 6.03. The summed E-state index contributed by atoms with van der Waals surface area (Å²) in [4.78, 5) is 77.7. The van der Waals surface area contributed by atoms with Crippen molar-refractivity contribution in [3.05, 3.63) is 180 Å². The van der Waals surface area contributed by atoms with Crippen molar-refractivity contribution >= 4 is 98.9 Å². The maximum Gasteiger partial charge on any atom is 0.269 e. The van der Waals surface area contributed by atoms with Gasteiger partial charge in [-0.15, -0.1) is 11.5 Å². The molecule has 21 heteroatoms. The van der Waals surface area contributed by atoms with Crippen molar-refractivity contribution in [1.29, 1.82) is 0 Å². The van der Waals surface area contributed by atoms with Gasteiger partial charge in [-0.25, -0.2) is 25.4 Å². The molecule has 19 nitrogen and oxygen atoms in total. The summed E-state index contributed by atoms with van der Waals surface area (Å²) >= 11 is 0. The van der Waals surface area contributed by atoms with Crippen molar-refractivity contribution < 1.29 is 54.7 Å². The normalized spacial score (nSPS) is 11.5. The van der Waals surface area contributed by atoms with E-state index < -0.39 is 31.9 Å². The first kappa shape index (κ1) is 71.3. The highest BCUT2D eigenvalue weighted by Crippen LogP contribution is 2.32. The Hall–Kier alpha value is -9.52. The molecule has 0 saturated heterocycles. The first-order chi connectivity index (χ1) is 45.8. The standard InChI is InChI=1S/C38H44N6O5S.C36H39N3O5S/c1-4-42-26-29(40-41-42)27-43-34-18-11-9-16-32(34)37(33-17-10-12-19-35(33)43)38(47)44(50(48,49)31-23-21-28(2)22-24-31)25-13-15-30(45)14-7-5-6-8-20-36(46)39-3;1-4-25-38-32-18-11-9-16-30(32)35(31-17-10-12-19-33(31)38)36(42)39(45(43,44)29-23-21-27(2)22-24-29)26-13-15-28(40)14-7-5-6-8-20-34(41)37-3/h9-12,16-19,21-24,26H,4-8,13-15,20,25,27H2,1-3H3;1,9-12,16-19,21-24H,5-8,13-15,20,25-26H2,2-3H3/p+2. The van der Waals surface area contributed by atoms with Crippen LogP contribution in [-0.2, 0) is 58.9 Å². The van der Waals surface area contributed by atoms with Gasteiger partial charge in [-0.1, -0.05) is 115 Å². The topological polar surface area (TPSA) is 240 Å². The van der Waals surface area contributed by atoms with Crippen LogP contribution in [0.15, 0.2) is 162 Å². The van der Waals surface area contributed by atoms with Gasteiger partial charge in [-0.3, -0.25) is 33.4 Å². The van der Waals surface area contributed by atoms with Gasteiger partial charge in [0, 0.05) is 96.5 Å². The lowest BCUT2D eigenvalue weighted by Gasteiger charge is -2.24. The minimum absolute atomic E-state index is 0.00827. The number of amides is 4. The molecule has 0 aliphatic carbocycles. The van der Waals surface area contributed by atoms with Crippen LogP contribution in [0.3, 0.4) is 0 Å². The van der Waals surface area contributed by atoms with Crippen LogP contribution in [0.5, 0.6) is 0 Å². The van der Waals surface area contributed by atoms with E-state index in [1.165, 1.54) is 24.3 Å². The number of aromatic nitrogens is 5. The molecule has 0 radical (unpaired) electrons. The van der Waals surface area contributed by atoms with Gasteiger partial charge in [0.25, 0.3) is 31.9 Å². The molecular weight excluding hydrogens is 1240 g/mol. The Morgan fingerprint density at radius 1 is 0.484 bits per heavy atom. The molecule has 0 aliphatic heterocycles. The number of Topliss-reactive ketones (excluding diaryl/α,β-unsaturated/α-hetero) is 2. The third kappa shape index (κ3) is 18.0. The highest BCUT2D eigenvalue weighted by atomic mass is 32.2. The molecule has 4 amide bonds. The van der Waals surface area contributed by atoms with Gasteiger partial charge in [-0.2, -0.15) is 9.13 Å². The fourth-order valence-corrected chi connectivity index (χ4v) is 14.5. The molecule has 6 aromatic carbocycles. The Labute approximate surface area is 557 Å². The maximum atomic E-state index is 14.8. The first-order valence-corrected chi connectivity index (χ1v) is 35.4. The van der Waals surface area contributed by atoms with Crippen molar-refractivity contribution in [2.24, 2.45) is 0 Å². The number of aryl methyl sites for hydroxylation is 3. The third-order valence-corrected chi connectivity index (χ3v) is 20.4. The van der Waals surface area contributed by atoms with E-state index in [-0.39, 0.29) is 89.6 Å². The van der Waals surface area contributed by atoms with Gasteiger partial charge in [0.05, 0.1) is 48.7 Å². The molecule has 2 N–H and O–H groups in total. The molecule has 9 aromatic rings. The second-order valence-corrected chi connectivity index (χ2v) is 27.3. The van der Waals surface area contributed by atoms with Crippen molar-refractivity contribution in [3.63, 3.8) is 0 Å². The number of carbonyl (C=O) groups is 6. The van der Waals surface area contributed by atoms with E-state index in [2.05, 4.69) is 31.4 Å². The van der Waals surface area contributed by atoms with E-state index >= 15 is 0 Å². The summed E-state index contributed by atoms with van der Waals surface area (Å²) in [6, 6.07) is 42.5. The summed E-state index contributed by atoms with van der Waals surface area (Å²) in [7, 11) is -5.31. The molecule has 3 heterocycles.